The van der Waals surface area contributed by atoms with Crippen LogP contribution in [-0.4, -0.2) is 52.8 Å². The fourth-order valence-corrected chi connectivity index (χ4v) is 3.65. The minimum absolute atomic E-state index is 0.0271. The van der Waals surface area contributed by atoms with Gasteiger partial charge in [0, 0.05) is 43.4 Å². The van der Waals surface area contributed by atoms with E-state index >= 15 is 0 Å². The first kappa shape index (κ1) is 21.0. The summed E-state index contributed by atoms with van der Waals surface area (Å²) in [6.07, 6.45) is 1.45. The Morgan fingerprint density at radius 1 is 1.17 bits per heavy atom. The molecule has 0 radical (unpaired) electrons. The molecule has 1 aromatic carbocycles. The monoisotopic (exact) mass is 397 g/mol. The molecule has 2 aromatic rings. The van der Waals surface area contributed by atoms with E-state index in [1.807, 2.05) is 32.9 Å². The van der Waals surface area contributed by atoms with E-state index in [4.69, 9.17) is 4.98 Å². The summed E-state index contributed by atoms with van der Waals surface area (Å²) in [5, 5.41) is 0. The van der Waals surface area contributed by atoms with E-state index in [-0.39, 0.29) is 23.8 Å². The third kappa shape index (κ3) is 4.63. The lowest BCUT2D eigenvalue weighted by atomic mass is 9.89. The first-order valence-electron chi connectivity index (χ1n) is 10.1. The van der Waals surface area contributed by atoms with Crippen molar-refractivity contribution >= 4 is 11.8 Å². The smallest absolute Gasteiger partial charge is 0.255 e. The Hall–Kier alpha value is -2.76. The van der Waals surface area contributed by atoms with E-state index in [1.54, 1.807) is 29.0 Å². The van der Waals surface area contributed by atoms with Crippen molar-refractivity contribution in [2.45, 2.75) is 45.6 Å². The Labute approximate surface area is 171 Å². The number of halogens is 1. The SMILES string of the molecule is Cc1ccc(C(=O)N(C)C(C)C)c(C2CCN(C(=O)c3cccc(F)c3)CC2)n1. The van der Waals surface area contributed by atoms with E-state index in [0.717, 1.165) is 24.2 Å². The van der Waals surface area contributed by atoms with E-state index in [1.165, 1.54) is 12.1 Å². The topological polar surface area (TPSA) is 53.5 Å². The second kappa shape index (κ2) is 8.72. The number of carbonyl (C=O) groups is 2. The van der Waals surface area contributed by atoms with Crippen molar-refractivity contribution in [2.75, 3.05) is 20.1 Å². The summed E-state index contributed by atoms with van der Waals surface area (Å²) in [5.74, 6) is -0.477. The highest BCUT2D eigenvalue weighted by Crippen LogP contribution is 2.30. The van der Waals surface area contributed by atoms with Crippen LogP contribution in [0.2, 0.25) is 0 Å². The number of hydrogen-bond donors (Lipinski definition) is 0. The minimum Gasteiger partial charge on any atom is -0.339 e. The quantitative estimate of drug-likeness (QED) is 0.783. The molecule has 0 bridgehead atoms. The zero-order valence-electron chi connectivity index (χ0n) is 17.5. The van der Waals surface area contributed by atoms with Crippen molar-refractivity contribution in [3.8, 4) is 0 Å². The van der Waals surface area contributed by atoms with Crippen molar-refractivity contribution in [3.63, 3.8) is 0 Å². The van der Waals surface area contributed by atoms with Gasteiger partial charge in [0.2, 0.25) is 0 Å². The van der Waals surface area contributed by atoms with Crippen LogP contribution in [0.4, 0.5) is 4.39 Å². The van der Waals surface area contributed by atoms with Gasteiger partial charge >= 0.3 is 0 Å². The van der Waals surface area contributed by atoms with Gasteiger partial charge in [-0.05, 0) is 63.9 Å². The van der Waals surface area contributed by atoms with Crippen molar-refractivity contribution in [2.24, 2.45) is 0 Å². The molecule has 0 N–H and O–H groups in total. The number of hydrogen-bond acceptors (Lipinski definition) is 3. The summed E-state index contributed by atoms with van der Waals surface area (Å²) in [5.41, 5.74) is 2.70. The molecule has 0 saturated carbocycles. The largest absolute Gasteiger partial charge is 0.339 e. The second-order valence-corrected chi connectivity index (χ2v) is 7.97. The maximum Gasteiger partial charge on any atom is 0.255 e. The molecule has 1 fully saturated rings. The van der Waals surface area contributed by atoms with Gasteiger partial charge < -0.3 is 9.80 Å². The van der Waals surface area contributed by atoms with Crippen LogP contribution in [0.5, 0.6) is 0 Å². The van der Waals surface area contributed by atoms with Crippen molar-refractivity contribution in [1.29, 1.82) is 0 Å². The zero-order valence-corrected chi connectivity index (χ0v) is 17.5. The first-order valence-corrected chi connectivity index (χ1v) is 10.1. The summed E-state index contributed by atoms with van der Waals surface area (Å²) < 4.78 is 13.4. The van der Waals surface area contributed by atoms with Gasteiger partial charge in [-0.25, -0.2) is 4.39 Å². The Balaban J connectivity index is 1.76. The van der Waals surface area contributed by atoms with Crippen molar-refractivity contribution in [1.82, 2.24) is 14.8 Å². The summed E-state index contributed by atoms with van der Waals surface area (Å²) in [4.78, 5) is 33.8. The normalized spacial score (nSPS) is 14.9. The number of benzene rings is 1. The number of carbonyl (C=O) groups excluding carboxylic acids is 2. The molecule has 2 amide bonds. The highest BCUT2D eigenvalue weighted by atomic mass is 19.1. The van der Waals surface area contributed by atoms with E-state index in [9.17, 15) is 14.0 Å². The van der Waals surface area contributed by atoms with Gasteiger partial charge in [0.25, 0.3) is 11.8 Å². The summed E-state index contributed by atoms with van der Waals surface area (Å²) >= 11 is 0. The molecular weight excluding hydrogens is 369 g/mol. The number of likely N-dealkylation sites (tertiary alicyclic amines) is 1. The lowest BCUT2D eigenvalue weighted by molar-refractivity contribution is 0.0703. The van der Waals surface area contributed by atoms with Crippen LogP contribution in [0, 0.1) is 12.7 Å². The number of pyridine rings is 1. The number of piperidine rings is 1. The fraction of sp³-hybridized carbons (Fsp3) is 0.435. The predicted molar refractivity (Wildman–Crippen MR) is 110 cm³/mol. The number of aryl methyl sites for hydroxylation is 1. The van der Waals surface area contributed by atoms with E-state index < -0.39 is 5.82 Å². The van der Waals surface area contributed by atoms with Gasteiger partial charge in [-0.3, -0.25) is 14.6 Å². The summed E-state index contributed by atoms with van der Waals surface area (Å²) in [6, 6.07) is 9.63. The molecule has 154 valence electrons. The molecule has 1 aliphatic rings. The van der Waals surface area contributed by atoms with E-state index in [0.29, 0.717) is 24.2 Å². The standard InChI is InChI=1S/C23H28FN3O2/c1-15(2)26(4)23(29)20-9-8-16(3)25-21(20)17-10-12-27(13-11-17)22(28)18-6-5-7-19(24)14-18/h5-9,14-15,17H,10-13H2,1-4H3. The fourth-order valence-electron chi connectivity index (χ4n) is 3.65. The maximum atomic E-state index is 13.4. The molecule has 5 nitrogen and oxygen atoms in total. The summed E-state index contributed by atoms with van der Waals surface area (Å²) in [6.45, 7) is 7.00. The molecule has 0 aliphatic carbocycles. The number of nitrogens with zero attached hydrogens (tertiary/aromatic N) is 3. The molecule has 6 heteroatoms. The highest BCUT2D eigenvalue weighted by molar-refractivity contribution is 5.96. The predicted octanol–water partition coefficient (Wildman–Crippen LogP) is 4.03. The van der Waals surface area contributed by atoms with Gasteiger partial charge in [-0.2, -0.15) is 0 Å². The maximum absolute atomic E-state index is 13.4. The molecule has 0 spiro atoms. The molecule has 1 aromatic heterocycles. The second-order valence-electron chi connectivity index (χ2n) is 7.97. The highest BCUT2D eigenvalue weighted by Gasteiger charge is 2.29. The van der Waals surface area contributed by atoms with Gasteiger partial charge in [-0.15, -0.1) is 0 Å². The van der Waals surface area contributed by atoms with Crippen LogP contribution in [0.3, 0.4) is 0 Å². The molecule has 1 aliphatic heterocycles. The molecule has 29 heavy (non-hydrogen) atoms. The van der Waals surface area contributed by atoms with Crippen LogP contribution >= 0.6 is 0 Å². The Morgan fingerprint density at radius 3 is 2.48 bits per heavy atom. The lowest BCUT2D eigenvalue weighted by Crippen LogP contribution is -2.39. The first-order chi connectivity index (χ1) is 13.8. The van der Waals surface area contributed by atoms with Crippen LogP contribution in [-0.2, 0) is 0 Å². The molecule has 2 heterocycles. The van der Waals surface area contributed by atoms with Crippen LogP contribution < -0.4 is 0 Å². The van der Waals surface area contributed by atoms with Gasteiger partial charge in [-0.1, -0.05) is 6.07 Å². The number of amides is 2. The molecule has 1 saturated heterocycles. The minimum atomic E-state index is -0.410. The average Bonchev–Trinajstić information content (AvgIpc) is 2.72. The van der Waals surface area contributed by atoms with Gasteiger partial charge in [0.05, 0.1) is 11.3 Å². The van der Waals surface area contributed by atoms with Gasteiger partial charge in [0.15, 0.2) is 0 Å². The third-order valence-corrected chi connectivity index (χ3v) is 5.63. The Morgan fingerprint density at radius 2 is 1.86 bits per heavy atom. The van der Waals surface area contributed by atoms with Crippen LogP contribution in [0.1, 0.15) is 64.7 Å². The Kier molecular flexibility index (Phi) is 6.30. The number of rotatable bonds is 4. The zero-order chi connectivity index (χ0) is 21.1. The van der Waals surface area contributed by atoms with Crippen LogP contribution in [0.25, 0.3) is 0 Å². The summed E-state index contributed by atoms with van der Waals surface area (Å²) in [7, 11) is 1.80. The van der Waals surface area contributed by atoms with E-state index in [2.05, 4.69) is 0 Å². The molecule has 0 atom stereocenters. The van der Waals surface area contributed by atoms with Crippen LogP contribution in [0.15, 0.2) is 36.4 Å². The molecule has 0 unspecified atom stereocenters. The average molecular weight is 397 g/mol. The van der Waals surface area contributed by atoms with Crippen molar-refractivity contribution in [3.05, 3.63) is 64.7 Å². The third-order valence-electron chi connectivity index (χ3n) is 5.63. The Bertz CT molecular complexity index is 905. The van der Waals surface area contributed by atoms with Gasteiger partial charge in [0.1, 0.15) is 5.82 Å². The number of aromatic nitrogens is 1. The van der Waals surface area contributed by atoms with Crippen molar-refractivity contribution < 1.29 is 14.0 Å². The molecular formula is C23H28FN3O2. The lowest BCUT2D eigenvalue weighted by Gasteiger charge is -2.33. The molecule has 3 rings (SSSR count).